The molecule has 0 atom stereocenters. The Balaban J connectivity index is 1.82. The molecule has 1 aliphatic rings. The van der Waals surface area contributed by atoms with E-state index in [2.05, 4.69) is 10.2 Å². The number of aromatic hydroxyl groups is 1. The molecule has 26 heavy (non-hydrogen) atoms. The van der Waals surface area contributed by atoms with Crippen molar-refractivity contribution in [3.05, 3.63) is 46.2 Å². The molecule has 0 radical (unpaired) electrons. The summed E-state index contributed by atoms with van der Waals surface area (Å²) in [6.45, 7) is 0.561. The zero-order valence-corrected chi connectivity index (χ0v) is 14.4. The summed E-state index contributed by atoms with van der Waals surface area (Å²) in [7, 11) is 0. The highest BCUT2D eigenvalue weighted by Crippen LogP contribution is 2.31. The summed E-state index contributed by atoms with van der Waals surface area (Å²) >= 11 is 6.11. The van der Waals surface area contributed by atoms with Crippen LogP contribution in [0, 0.1) is 5.92 Å². The second-order valence-corrected chi connectivity index (χ2v) is 6.83. The van der Waals surface area contributed by atoms with Crippen molar-refractivity contribution < 1.29 is 23.1 Å². The molecular weight excluding hydrogens is 371 g/mol. The minimum atomic E-state index is -4.62. The van der Waals surface area contributed by atoms with Crippen LogP contribution in [0.3, 0.4) is 0 Å². The molecule has 9 heteroatoms. The number of rotatable bonds is 5. The molecule has 1 amide bonds. The maximum atomic E-state index is 12.7. The van der Waals surface area contributed by atoms with Crippen molar-refractivity contribution in [1.82, 2.24) is 15.1 Å². The normalized spacial score (nSPS) is 14.9. The van der Waals surface area contributed by atoms with E-state index in [9.17, 15) is 23.1 Å². The summed E-state index contributed by atoms with van der Waals surface area (Å²) in [5, 5.41) is 15.1. The van der Waals surface area contributed by atoms with Gasteiger partial charge >= 0.3 is 6.18 Å². The number of phenols is 1. The summed E-state index contributed by atoms with van der Waals surface area (Å²) in [6.07, 6.45) is -1.59. The van der Waals surface area contributed by atoms with Crippen LogP contribution in [0.25, 0.3) is 0 Å². The Labute approximate surface area is 152 Å². The van der Waals surface area contributed by atoms with Crippen LogP contribution in [-0.4, -0.2) is 32.7 Å². The van der Waals surface area contributed by atoms with Crippen LogP contribution in [0.1, 0.15) is 41.0 Å². The molecule has 3 rings (SSSR count). The van der Waals surface area contributed by atoms with Crippen molar-refractivity contribution in [2.24, 2.45) is 5.92 Å². The third-order valence-corrected chi connectivity index (χ3v) is 4.84. The molecule has 0 unspecified atom stereocenters. The summed E-state index contributed by atoms with van der Waals surface area (Å²) < 4.78 is 38.2. The van der Waals surface area contributed by atoms with Crippen LogP contribution in [-0.2, 0) is 12.7 Å². The summed E-state index contributed by atoms with van der Waals surface area (Å²) in [5.41, 5.74) is -0.744. The molecule has 0 spiro atoms. The molecule has 0 aliphatic heterocycles. The Hall–Kier alpha value is -2.22. The van der Waals surface area contributed by atoms with Gasteiger partial charge in [0, 0.05) is 24.2 Å². The third-order valence-electron chi connectivity index (χ3n) is 4.49. The molecule has 2 N–H and O–H groups in total. The maximum Gasteiger partial charge on any atom is 0.435 e. The fourth-order valence-electron chi connectivity index (χ4n) is 2.82. The number of amides is 1. The fourth-order valence-corrected chi connectivity index (χ4v) is 3.06. The van der Waals surface area contributed by atoms with Gasteiger partial charge in [0.1, 0.15) is 11.4 Å². The van der Waals surface area contributed by atoms with Gasteiger partial charge in [0.15, 0.2) is 5.69 Å². The number of aromatic nitrogens is 2. The van der Waals surface area contributed by atoms with Crippen molar-refractivity contribution in [1.29, 1.82) is 0 Å². The van der Waals surface area contributed by atoms with Crippen LogP contribution in [0.2, 0.25) is 5.02 Å². The molecule has 1 fully saturated rings. The minimum absolute atomic E-state index is 0.000920. The van der Waals surface area contributed by atoms with Crippen LogP contribution < -0.4 is 0 Å². The number of phenolic OH excluding ortho intramolecular Hbond substituents is 1. The van der Waals surface area contributed by atoms with E-state index >= 15 is 0 Å². The first-order valence-electron chi connectivity index (χ1n) is 8.13. The average Bonchev–Trinajstić information content (AvgIpc) is 3.01. The molecule has 1 aromatic heterocycles. The topological polar surface area (TPSA) is 69.2 Å². The van der Waals surface area contributed by atoms with Gasteiger partial charge in [-0.25, -0.2) is 0 Å². The number of benzene rings is 1. The SMILES string of the molecule is O=C(c1cc(C(F)(F)F)n[nH]1)N(Cc1ccc(O)cc1Cl)CC1CCC1. The van der Waals surface area contributed by atoms with Crippen LogP contribution >= 0.6 is 11.6 Å². The van der Waals surface area contributed by atoms with E-state index in [1.165, 1.54) is 17.0 Å². The maximum absolute atomic E-state index is 12.7. The lowest BCUT2D eigenvalue weighted by Crippen LogP contribution is -2.37. The van der Waals surface area contributed by atoms with E-state index < -0.39 is 17.8 Å². The highest BCUT2D eigenvalue weighted by Gasteiger charge is 2.35. The second-order valence-electron chi connectivity index (χ2n) is 6.42. The predicted molar refractivity (Wildman–Crippen MR) is 88.8 cm³/mol. The van der Waals surface area contributed by atoms with E-state index in [1.54, 1.807) is 6.07 Å². The Bertz CT molecular complexity index is 803. The summed E-state index contributed by atoms with van der Waals surface area (Å²) in [5.74, 6) is -0.247. The van der Waals surface area contributed by atoms with Gasteiger partial charge in [-0.05, 0) is 36.5 Å². The van der Waals surface area contributed by atoms with E-state index in [0.717, 1.165) is 19.3 Å². The van der Waals surface area contributed by atoms with Crippen LogP contribution in [0.5, 0.6) is 5.75 Å². The largest absolute Gasteiger partial charge is 0.508 e. The molecule has 2 aromatic rings. The molecule has 1 aliphatic carbocycles. The number of nitrogens with one attached hydrogen (secondary N) is 1. The standard InChI is InChI=1S/C17H17ClF3N3O2/c18-13-6-12(25)5-4-11(13)9-24(8-10-2-1-3-10)16(26)14-7-15(23-22-14)17(19,20)21/h4-7,10,25H,1-3,8-9H2,(H,22,23). The Morgan fingerprint density at radius 3 is 2.62 bits per heavy atom. The third kappa shape index (κ3) is 4.12. The number of hydrogen-bond donors (Lipinski definition) is 2. The van der Waals surface area contributed by atoms with Crippen molar-refractivity contribution in [2.75, 3.05) is 6.54 Å². The van der Waals surface area contributed by atoms with Gasteiger partial charge in [-0.15, -0.1) is 0 Å². The average molecular weight is 388 g/mol. The van der Waals surface area contributed by atoms with Gasteiger partial charge in [0.05, 0.1) is 0 Å². The van der Waals surface area contributed by atoms with Crippen molar-refractivity contribution >= 4 is 17.5 Å². The van der Waals surface area contributed by atoms with Crippen molar-refractivity contribution in [2.45, 2.75) is 32.0 Å². The molecule has 1 heterocycles. The number of carbonyl (C=O) groups excluding carboxylic acids is 1. The van der Waals surface area contributed by atoms with Crippen LogP contribution in [0.15, 0.2) is 24.3 Å². The monoisotopic (exact) mass is 387 g/mol. The lowest BCUT2D eigenvalue weighted by Gasteiger charge is -2.32. The zero-order chi connectivity index (χ0) is 18.9. The van der Waals surface area contributed by atoms with E-state index in [-0.39, 0.29) is 23.0 Å². The first kappa shape index (κ1) is 18.6. The quantitative estimate of drug-likeness (QED) is 0.806. The summed E-state index contributed by atoms with van der Waals surface area (Å²) in [6, 6.07) is 5.12. The number of H-pyrrole nitrogens is 1. The number of halogens is 4. The van der Waals surface area contributed by atoms with E-state index in [1.807, 2.05) is 0 Å². The first-order chi connectivity index (χ1) is 12.2. The Kier molecular flexibility index (Phi) is 5.13. The molecular formula is C17H17ClF3N3O2. The smallest absolute Gasteiger partial charge is 0.435 e. The molecule has 0 bridgehead atoms. The van der Waals surface area contributed by atoms with Gasteiger partial charge in [-0.2, -0.15) is 18.3 Å². The fraction of sp³-hybridized carbons (Fsp3) is 0.412. The highest BCUT2D eigenvalue weighted by molar-refractivity contribution is 6.31. The molecule has 1 aromatic carbocycles. The van der Waals surface area contributed by atoms with Gasteiger partial charge in [0.25, 0.3) is 5.91 Å². The van der Waals surface area contributed by atoms with Gasteiger partial charge in [-0.3, -0.25) is 9.89 Å². The van der Waals surface area contributed by atoms with Gasteiger partial charge in [0.2, 0.25) is 0 Å². The lowest BCUT2D eigenvalue weighted by molar-refractivity contribution is -0.141. The second kappa shape index (κ2) is 7.19. The van der Waals surface area contributed by atoms with Crippen molar-refractivity contribution in [3.63, 3.8) is 0 Å². The number of alkyl halides is 3. The van der Waals surface area contributed by atoms with E-state index in [0.29, 0.717) is 24.1 Å². The minimum Gasteiger partial charge on any atom is -0.508 e. The molecule has 1 saturated carbocycles. The molecule has 0 saturated heterocycles. The first-order valence-corrected chi connectivity index (χ1v) is 8.51. The lowest BCUT2D eigenvalue weighted by atomic mass is 9.85. The highest BCUT2D eigenvalue weighted by atomic mass is 35.5. The van der Waals surface area contributed by atoms with Gasteiger partial charge < -0.3 is 10.0 Å². The van der Waals surface area contributed by atoms with Crippen molar-refractivity contribution in [3.8, 4) is 5.75 Å². The molecule has 5 nitrogen and oxygen atoms in total. The Morgan fingerprint density at radius 2 is 2.08 bits per heavy atom. The number of nitrogens with zero attached hydrogens (tertiary/aromatic N) is 2. The summed E-state index contributed by atoms with van der Waals surface area (Å²) in [4.78, 5) is 14.2. The number of carbonyl (C=O) groups is 1. The zero-order valence-electron chi connectivity index (χ0n) is 13.7. The van der Waals surface area contributed by atoms with Gasteiger partial charge in [-0.1, -0.05) is 24.1 Å². The Morgan fingerprint density at radius 1 is 1.35 bits per heavy atom. The number of hydrogen-bond acceptors (Lipinski definition) is 3. The predicted octanol–water partition coefficient (Wildman–Crippen LogP) is 4.23. The molecule has 140 valence electrons. The number of aromatic amines is 1. The van der Waals surface area contributed by atoms with E-state index in [4.69, 9.17) is 11.6 Å². The van der Waals surface area contributed by atoms with Crippen LogP contribution in [0.4, 0.5) is 13.2 Å².